The zero-order valence-corrected chi connectivity index (χ0v) is 18.3. The molecule has 0 spiro atoms. The molecule has 1 atom stereocenters. The number of anilines is 2. The Labute approximate surface area is 176 Å². The molecule has 0 radical (unpaired) electrons. The van der Waals surface area contributed by atoms with E-state index in [1.54, 1.807) is 26.0 Å². The number of carbonyl (C=O) groups excluding carboxylic acids is 1. The van der Waals surface area contributed by atoms with Crippen LogP contribution in [0.25, 0.3) is 0 Å². The molecule has 28 heavy (non-hydrogen) atoms. The first kappa shape index (κ1) is 21.6. The first-order valence-corrected chi connectivity index (χ1v) is 11.6. The average Bonchev–Trinajstić information content (AvgIpc) is 3.31. The second-order valence-electron chi connectivity index (χ2n) is 6.87. The van der Waals surface area contributed by atoms with Crippen molar-refractivity contribution in [1.82, 2.24) is 4.31 Å². The highest BCUT2D eigenvalue weighted by Crippen LogP contribution is 2.53. The Morgan fingerprint density at radius 2 is 1.89 bits per heavy atom. The van der Waals surface area contributed by atoms with Gasteiger partial charge in [0.25, 0.3) is 0 Å². The number of morpholine rings is 1. The number of alkyl halides is 2. The minimum atomic E-state index is -3.65. The summed E-state index contributed by atoms with van der Waals surface area (Å²) in [6, 6.07) is 4.83. The van der Waals surface area contributed by atoms with Crippen molar-refractivity contribution in [2.75, 3.05) is 49.6 Å². The quantitative estimate of drug-likeness (QED) is 0.647. The molecule has 1 saturated heterocycles. The number of rotatable bonds is 7. The van der Waals surface area contributed by atoms with Crippen LogP contribution in [-0.4, -0.2) is 62.4 Å². The number of sulfonamides is 1. The van der Waals surface area contributed by atoms with Gasteiger partial charge in [-0.05, 0) is 24.6 Å². The predicted octanol–water partition coefficient (Wildman–Crippen LogP) is 2.69. The third-order valence-electron chi connectivity index (χ3n) is 5.06. The Hall–Kier alpha value is -1.06. The Morgan fingerprint density at radius 3 is 2.43 bits per heavy atom. The van der Waals surface area contributed by atoms with Crippen LogP contribution in [0.2, 0.25) is 0 Å². The standard InChI is InChI=1S/C18H25Cl2N3O4S/c1-3-23(4-2)28(25,26)13-5-6-16(22-7-9-27-10-8-22)15(11-13)21-17(24)14-12-18(14,19)20/h5-6,11,14H,3-4,7-10,12H2,1-2H3,(H,21,24). The van der Waals surface area contributed by atoms with Crippen molar-refractivity contribution in [2.45, 2.75) is 29.5 Å². The van der Waals surface area contributed by atoms with E-state index in [1.165, 1.54) is 10.4 Å². The van der Waals surface area contributed by atoms with Crippen LogP contribution in [-0.2, 0) is 19.6 Å². The number of hydrogen-bond acceptors (Lipinski definition) is 5. The van der Waals surface area contributed by atoms with E-state index in [-0.39, 0.29) is 10.8 Å². The van der Waals surface area contributed by atoms with E-state index in [0.717, 1.165) is 5.69 Å². The summed E-state index contributed by atoms with van der Waals surface area (Å²) >= 11 is 12.0. The van der Waals surface area contributed by atoms with Gasteiger partial charge < -0.3 is 15.0 Å². The molecule has 1 heterocycles. The number of ether oxygens (including phenoxy) is 1. The maximum absolute atomic E-state index is 12.9. The van der Waals surface area contributed by atoms with E-state index >= 15 is 0 Å². The zero-order valence-electron chi connectivity index (χ0n) is 16.0. The van der Waals surface area contributed by atoms with Crippen molar-refractivity contribution in [3.8, 4) is 0 Å². The third-order valence-corrected chi connectivity index (χ3v) is 7.94. The molecule has 1 aliphatic carbocycles. The van der Waals surface area contributed by atoms with Crippen LogP contribution in [0.15, 0.2) is 23.1 Å². The maximum atomic E-state index is 12.9. The Morgan fingerprint density at radius 1 is 1.29 bits per heavy atom. The summed E-state index contributed by atoms with van der Waals surface area (Å²) in [7, 11) is -3.65. The topological polar surface area (TPSA) is 79.0 Å². The SMILES string of the molecule is CCN(CC)S(=O)(=O)c1ccc(N2CCOCC2)c(NC(=O)C2CC2(Cl)Cl)c1. The van der Waals surface area contributed by atoms with E-state index in [1.807, 2.05) is 0 Å². The van der Waals surface area contributed by atoms with Crippen LogP contribution in [0.1, 0.15) is 20.3 Å². The fourth-order valence-corrected chi connectivity index (χ4v) is 5.28. The molecule has 0 aromatic heterocycles. The molecular formula is C18H25Cl2N3O4S. The lowest BCUT2D eigenvalue weighted by Gasteiger charge is -2.31. The Balaban J connectivity index is 1.95. The molecule has 2 aliphatic rings. The summed E-state index contributed by atoms with van der Waals surface area (Å²) in [4.78, 5) is 14.8. The molecule has 3 rings (SSSR count). The van der Waals surface area contributed by atoms with Gasteiger partial charge in [-0.2, -0.15) is 4.31 Å². The Kier molecular flexibility index (Phi) is 6.46. The molecule has 1 N–H and O–H groups in total. The van der Waals surface area contributed by atoms with Gasteiger partial charge in [0.05, 0.1) is 35.4 Å². The van der Waals surface area contributed by atoms with Gasteiger partial charge in [0, 0.05) is 26.2 Å². The normalized spacial score (nSPS) is 21.6. The molecule has 2 fully saturated rings. The second-order valence-corrected chi connectivity index (χ2v) is 10.4. The van der Waals surface area contributed by atoms with Crippen LogP contribution < -0.4 is 10.2 Å². The van der Waals surface area contributed by atoms with Crippen LogP contribution >= 0.6 is 23.2 Å². The number of nitrogens with zero attached hydrogens (tertiary/aromatic N) is 2. The zero-order chi connectivity index (χ0) is 20.5. The van der Waals surface area contributed by atoms with Crippen LogP contribution in [0.5, 0.6) is 0 Å². The minimum Gasteiger partial charge on any atom is -0.378 e. The van der Waals surface area contributed by atoms with Gasteiger partial charge in [0.15, 0.2) is 0 Å². The summed E-state index contributed by atoms with van der Waals surface area (Å²) in [5.41, 5.74) is 1.20. The molecular weight excluding hydrogens is 425 g/mol. The van der Waals surface area contributed by atoms with Gasteiger partial charge in [0.2, 0.25) is 15.9 Å². The molecule has 0 bridgehead atoms. The number of hydrogen-bond donors (Lipinski definition) is 1. The monoisotopic (exact) mass is 449 g/mol. The second kappa shape index (κ2) is 8.36. The van der Waals surface area contributed by atoms with E-state index in [2.05, 4.69) is 10.2 Å². The first-order chi connectivity index (χ1) is 13.2. The summed E-state index contributed by atoms with van der Waals surface area (Å²) in [5.74, 6) is -0.812. The lowest BCUT2D eigenvalue weighted by atomic mass is 10.2. The molecule has 1 aliphatic heterocycles. The summed E-state index contributed by atoms with van der Waals surface area (Å²) in [6.45, 7) is 6.78. The van der Waals surface area contributed by atoms with Crippen molar-refractivity contribution >= 4 is 50.5 Å². The lowest BCUT2D eigenvalue weighted by Crippen LogP contribution is -2.37. The number of amides is 1. The number of halogens is 2. The molecule has 1 saturated carbocycles. The van der Waals surface area contributed by atoms with Gasteiger partial charge >= 0.3 is 0 Å². The van der Waals surface area contributed by atoms with Crippen molar-refractivity contribution in [1.29, 1.82) is 0 Å². The third kappa shape index (κ3) is 4.41. The number of benzene rings is 1. The van der Waals surface area contributed by atoms with Crippen molar-refractivity contribution in [3.63, 3.8) is 0 Å². The van der Waals surface area contributed by atoms with E-state index in [9.17, 15) is 13.2 Å². The minimum absolute atomic E-state index is 0.141. The fraction of sp³-hybridized carbons (Fsp3) is 0.611. The average molecular weight is 450 g/mol. The molecule has 1 aromatic rings. The van der Waals surface area contributed by atoms with Crippen molar-refractivity contribution in [3.05, 3.63) is 18.2 Å². The Bertz CT molecular complexity index is 837. The lowest BCUT2D eigenvalue weighted by molar-refractivity contribution is -0.117. The number of carbonyl (C=O) groups is 1. The number of nitrogens with one attached hydrogen (secondary N) is 1. The highest BCUT2D eigenvalue weighted by Gasteiger charge is 2.56. The highest BCUT2D eigenvalue weighted by atomic mass is 35.5. The molecule has 10 heteroatoms. The maximum Gasteiger partial charge on any atom is 0.243 e. The van der Waals surface area contributed by atoms with Crippen LogP contribution in [0, 0.1) is 5.92 Å². The van der Waals surface area contributed by atoms with E-state index in [4.69, 9.17) is 27.9 Å². The van der Waals surface area contributed by atoms with Crippen molar-refractivity contribution in [2.24, 2.45) is 5.92 Å². The van der Waals surface area contributed by atoms with Gasteiger partial charge in [-0.15, -0.1) is 23.2 Å². The van der Waals surface area contributed by atoms with Crippen LogP contribution in [0.3, 0.4) is 0 Å². The van der Waals surface area contributed by atoms with Gasteiger partial charge in [-0.25, -0.2) is 8.42 Å². The summed E-state index contributed by atoms with van der Waals surface area (Å²) in [6.07, 6.45) is 0.381. The summed E-state index contributed by atoms with van der Waals surface area (Å²) < 4.78 is 31.5. The molecule has 1 amide bonds. The van der Waals surface area contributed by atoms with Crippen molar-refractivity contribution < 1.29 is 17.9 Å². The molecule has 1 unspecified atom stereocenters. The fourth-order valence-electron chi connectivity index (χ4n) is 3.29. The molecule has 7 nitrogen and oxygen atoms in total. The summed E-state index contributed by atoms with van der Waals surface area (Å²) in [5, 5.41) is 2.84. The van der Waals surface area contributed by atoms with Crippen LogP contribution in [0.4, 0.5) is 11.4 Å². The van der Waals surface area contributed by atoms with Gasteiger partial charge in [-0.3, -0.25) is 4.79 Å². The van der Waals surface area contributed by atoms with E-state index in [0.29, 0.717) is 51.5 Å². The van der Waals surface area contributed by atoms with Gasteiger partial charge in [0.1, 0.15) is 4.33 Å². The molecule has 156 valence electrons. The van der Waals surface area contributed by atoms with Gasteiger partial charge in [-0.1, -0.05) is 13.8 Å². The smallest absolute Gasteiger partial charge is 0.243 e. The first-order valence-electron chi connectivity index (χ1n) is 9.36. The highest BCUT2D eigenvalue weighted by molar-refractivity contribution is 7.89. The van der Waals surface area contributed by atoms with E-state index < -0.39 is 20.3 Å². The largest absolute Gasteiger partial charge is 0.378 e. The molecule has 1 aromatic carbocycles. The predicted molar refractivity (Wildman–Crippen MR) is 111 cm³/mol.